The van der Waals surface area contributed by atoms with Gasteiger partial charge in [-0.05, 0) is 18.2 Å². The van der Waals surface area contributed by atoms with Gasteiger partial charge >= 0.3 is 0 Å². The number of sulfonamides is 1. The fourth-order valence-corrected chi connectivity index (χ4v) is 2.58. The molecular weight excluding hydrogens is 281 g/mol. The average Bonchev–Trinajstić information content (AvgIpc) is 2.67. The van der Waals surface area contributed by atoms with Crippen molar-refractivity contribution in [3.63, 3.8) is 0 Å². The third-order valence-corrected chi connectivity index (χ3v) is 3.80. The van der Waals surface area contributed by atoms with E-state index in [-0.39, 0.29) is 15.7 Å². The zero-order valence-corrected chi connectivity index (χ0v) is 10.8. The van der Waals surface area contributed by atoms with E-state index in [2.05, 4.69) is 9.82 Å². The van der Waals surface area contributed by atoms with Crippen molar-refractivity contribution in [2.45, 2.75) is 4.90 Å². The topological polar surface area (TPSA) is 64.0 Å². The van der Waals surface area contributed by atoms with Crippen molar-refractivity contribution in [2.24, 2.45) is 7.05 Å². The summed E-state index contributed by atoms with van der Waals surface area (Å²) in [7, 11) is -2.16. The lowest BCUT2D eigenvalue weighted by Gasteiger charge is -2.05. The minimum absolute atomic E-state index is 0.125. The summed E-state index contributed by atoms with van der Waals surface area (Å²) in [6.45, 7) is 0. The molecule has 1 N–H and O–H groups in total. The maximum Gasteiger partial charge on any atom is 0.263 e. The summed E-state index contributed by atoms with van der Waals surface area (Å²) in [5, 5.41) is 3.63. The van der Waals surface area contributed by atoms with Gasteiger partial charge in [-0.25, -0.2) is 12.8 Å². The second-order valence-corrected chi connectivity index (χ2v) is 5.65. The van der Waals surface area contributed by atoms with Crippen molar-refractivity contribution in [1.82, 2.24) is 9.78 Å². The normalized spacial score (nSPS) is 11.5. The summed E-state index contributed by atoms with van der Waals surface area (Å²) in [6.07, 6.45) is 1.59. The van der Waals surface area contributed by atoms with Crippen LogP contribution in [0.1, 0.15) is 0 Å². The standard InChI is InChI=1S/C10H9ClFN3O2S/c1-15-5-4-10(13-15)14-18(16,17)7-2-3-9(12)8(11)6-7/h2-6H,1H3,(H,13,14). The van der Waals surface area contributed by atoms with Crippen LogP contribution in [0.5, 0.6) is 0 Å². The van der Waals surface area contributed by atoms with Gasteiger partial charge in [0.15, 0.2) is 5.82 Å². The SMILES string of the molecule is Cn1ccc(NS(=O)(=O)c2ccc(F)c(Cl)c2)n1. The molecule has 0 bridgehead atoms. The maximum absolute atomic E-state index is 13.0. The van der Waals surface area contributed by atoms with Crippen LogP contribution in [0, 0.1) is 5.82 Å². The average molecular weight is 290 g/mol. The van der Waals surface area contributed by atoms with E-state index in [0.717, 1.165) is 18.2 Å². The Labute approximate surface area is 108 Å². The number of aryl methyl sites for hydroxylation is 1. The molecule has 0 saturated carbocycles. The predicted molar refractivity (Wildman–Crippen MR) is 65.4 cm³/mol. The third-order valence-electron chi connectivity index (χ3n) is 2.15. The number of nitrogens with zero attached hydrogens (tertiary/aromatic N) is 2. The van der Waals surface area contributed by atoms with Crippen LogP contribution in [0.2, 0.25) is 5.02 Å². The molecule has 0 aliphatic heterocycles. The lowest BCUT2D eigenvalue weighted by atomic mass is 10.3. The van der Waals surface area contributed by atoms with Crippen LogP contribution in [0.15, 0.2) is 35.4 Å². The molecular formula is C10H9ClFN3O2S. The zero-order valence-electron chi connectivity index (χ0n) is 9.26. The van der Waals surface area contributed by atoms with Gasteiger partial charge in [0.1, 0.15) is 5.82 Å². The molecule has 5 nitrogen and oxygen atoms in total. The van der Waals surface area contributed by atoms with Gasteiger partial charge in [0, 0.05) is 19.3 Å². The molecule has 1 aromatic heterocycles. The first kappa shape index (κ1) is 12.8. The number of aromatic nitrogens is 2. The van der Waals surface area contributed by atoms with Crippen molar-refractivity contribution in [1.29, 1.82) is 0 Å². The molecule has 0 saturated heterocycles. The van der Waals surface area contributed by atoms with Gasteiger partial charge in [-0.2, -0.15) is 5.10 Å². The highest BCUT2D eigenvalue weighted by molar-refractivity contribution is 7.92. The molecule has 2 aromatic rings. The molecule has 0 amide bonds. The van der Waals surface area contributed by atoms with Crippen molar-refractivity contribution in [2.75, 3.05) is 4.72 Å². The number of rotatable bonds is 3. The fraction of sp³-hybridized carbons (Fsp3) is 0.100. The highest BCUT2D eigenvalue weighted by Gasteiger charge is 2.16. The molecule has 2 rings (SSSR count). The number of hydrogen-bond acceptors (Lipinski definition) is 3. The van der Waals surface area contributed by atoms with E-state index in [4.69, 9.17) is 11.6 Å². The molecule has 0 unspecified atom stereocenters. The van der Waals surface area contributed by atoms with Crippen LogP contribution in [0.3, 0.4) is 0 Å². The van der Waals surface area contributed by atoms with Crippen molar-refractivity contribution in [3.8, 4) is 0 Å². The first-order valence-corrected chi connectivity index (χ1v) is 6.72. The van der Waals surface area contributed by atoms with Crippen molar-refractivity contribution >= 4 is 27.4 Å². The highest BCUT2D eigenvalue weighted by Crippen LogP contribution is 2.21. The van der Waals surface area contributed by atoms with Crippen LogP contribution in [0.4, 0.5) is 10.2 Å². The minimum Gasteiger partial charge on any atom is -0.274 e. The van der Waals surface area contributed by atoms with Gasteiger partial charge in [0.2, 0.25) is 0 Å². The van der Waals surface area contributed by atoms with E-state index >= 15 is 0 Å². The van der Waals surface area contributed by atoms with Gasteiger partial charge in [-0.1, -0.05) is 11.6 Å². The Morgan fingerprint density at radius 3 is 2.67 bits per heavy atom. The van der Waals surface area contributed by atoms with E-state index in [9.17, 15) is 12.8 Å². The van der Waals surface area contributed by atoms with Gasteiger partial charge in [0.05, 0.1) is 9.92 Å². The highest BCUT2D eigenvalue weighted by atomic mass is 35.5. The number of anilines is 1. The van der Waals surface area contributed by atoms with E-state index in [1.54, 1.807) is 13.2 Å². The molecule has 0 radical (unpaired) electrons. The molecule has 8 heteroatoms. The molecule has 1 aromatic carbocycles. The number of nitrogens with one attached hydrogen (secondary N) is 1. The summed E-state index contributed by atoms with van der Waals surface area (Å²) in [6, 6.07) is 4.67. The Balaban J connectivity index is 2.33. The van der Waals surface area contributed by atoms with Gasteiger partial charge < -0.3 is 0 Å². The van der Waals surface area contributed by atoms with Gasteiger partial charge in [-0.3, -0.25) is 9.40 Å². The Morgan fingerprint density at radius 1 is 1.39 bits per heavy atom. The lowest BCUT2D eigenvalue weighted by Crippen LogP contribution is -2.13. The van der Waals surface area contributed by atoms with Crippen LogP contribution in [-0.2, 0) is 17.1 Å². The Bertz CT molecular complexity index is 684. The van der Waals surface area contributed by atoms with E-state index in [0.29, 0.717) is 0 Å². The van der Waals surface area contributed by atoms with E-state index in [1.165, 1.54) is 10.7 Å². The fourth-order valence-electron chi connectivity index (χ4n) is 1.31. The first-order chi connectivity index (χ1) is 8.38. The van der Waals surface area contributed by atoms with Crippen LogP contribution >= 0.6 is 11.6 Å². The number of benzene rings is 1. The number of hydrogen-bond donors (Lipinski definition) is 1. The summed E-state index contributed by atoms with van der Waals surface area (Å²) in [5.41, 5.74) is 0. The molecule has 0 fully saturated rings. The van der Waals surface area contributed by atoms with Crippen LogP contribution < -0.4 is 4.72 Å². The van der Waals surface area contributed by atoms with Gasteiger partial charge in [-0.15, -0.1) is 0 Å². The van der Waals surface area contributed by atoms with Gasteiger partial charge in [0.25, 0.3) is 10.0 Å². The Hall–Kier alpha value is -1.60. The van der Waals surface area contributed by atoms with E-state index < -0.39 is 15.8 Å². The Morgan fingerprint density at radius 2 is 2.11 bits per heavy atom. The Kier molecular flexibility index (Phi) is 3.27. The lowest BCUT2D eigenvalue weighted by molar-refractivity contribution is 0.599. The van der Waals surface area contributed by atoms with Crippen LogP contribution in [-0.4, -0.2) is 18.2 Å². The second-order valence-electron chi connectivity index (χ2n) is 3.56. The zero-order chi connectivity index (χ0) is 13.3. The smallest absolute Gasteiger partial charge is 0.263 e. The molecule has 96 valence electrons. The summed E-state index contributed by atoms with van der Waals surface area (Å²) >= 11 is 5.54. The van der Waals surface area contributed by atoms with Crippen LogP contribution in [0.25, 0.3) is 0 Å². The van der Waals surface area contributed by atoms with E-state index in [1.807, 2.05) is 0 Å². The summed E-state index contributed by atoms with van der Waals surface area (Å²) < 4.78 is 40.5. The largest absolute Gasteiger partial charge is 0.274 e. The molecule has 0 atom stereocenters. The monoisotopic (exact) mass is 289 g/mol. The van der Waals surface area contributed by atoms with Crippen molar-refractivity contribution in [3.05, 3.63) is 41.3 Å². The van der Waals surface area contributed by atoms with Crippen molar-refractivity contribution < 1.29 is 12.8 Å². The summed E-state index contributed by atoms with van der Waals surface area (Å²) in [4.78, 5) is -0.125. The molecule has 0 spiro atoms. The molecule has 18 heavy (non-hydrogen) atoms. The quantitative estimate of drug-likeness (QED) is 0.940. The maximum atomic E-state index is 13.0. The minimum atomic E-state index is -3.82. The molecule has 1 heterocycles. The number of halogens is 2. The second kappa shape index (κ2) is 4.58. The predicted octanol–water partition coefficient (Wildman–Crippen LogP) is 2.01. The molecule has 0 aliphatic carbocycles. The third kappa shape index (κ3) is 2.62. The summed E-state index contributed by atoms with van der Waals surface area (Å²) in [5.74, 6) is -0.494. The first-order valence-electron chi connectivity index (χ1n) is 4.86. The molecule has 0 aliphatic rings.